The Morgan fingerprint density at radius 2 is 2.05 bits per heavy atom. The monoisotopic (exact) mass is 266 g/mol. The van der Waals surface area contributed by atoms with Gasteiger partial charge < -0.3 is 19.9 Å². The molecule has 0 atom stereocenters. The fourth-order valence-electron chi connectivity index (χ4n) is 1.85. The van der Waals surface area contributed by atoms with Crippen LogP contribution in [0.2, 0.25) is 0 Å². The van der Waals surface area contributed by atoms with Gasteiger partial charge in [0.15, 0.2) is 0 Å². The molecule has 8 nitrogen and oxygen atoms in total. The number of nitrogens with one attached hydrogen (secondary N) is 1. The minimum absolute atomic E-state index is 0.0582. The molecule has 1 amide bonds. The SMILES string of the molecule is CNc1nc(OC)nc(N2CCCN(C)C(=O)C2)n1. The Morgan fingerprint density at radius 3 is 2.74 bits per heavy atom. The summed E-state index contributed by atoms with van der Waals surface area (Å²) in [7, 11) is 5.03. The molecule has 1 aromatic rings. The number of rotatable bonds is 3. The molecule has 104 valence electrons. The standard InChI is InChI=1S/C11H18N6O2/c1-12-9-13-10(15-11(14-9)19-3)17-6-4-5-16(2)8(18)7-17/h4-7H2,1-3H3,(H,12,13,14,15). The first-order chi connectivity index (χ1) is 9.13. The first-order valence-electron chi connectivity index (χ1n) is 6.10. The van der Waals surface area contributed by atoms with Crippen LogP contribution in [0.5, 0.6) is 6.01 Å². The van der Waals surface area contributed by atoms with E-state index in [1.54, 1.807) is 19.0 Å². The molecular formula is C11H18N6O2. The minimum Gasteiger partial charge on any atom is -0.467 e. The van der Waals surface area contributed by atoms with Crippen LogP contribution in [0.15, 0.2) is 0 Å². The Morgan fingerprint density at radius 1 is 1.26 bits per heavy atom. The van der Waals surface area contributed by atoms with Crippen LogP contribution in [0.1, 0.15) is 6.42 Å². The van der Waals surface area contributed by atoms with Crippen molar-refractivity contribution in [3.8, 4) is 6.01 Å². The summed E-state index contributed by atoms with van der Waals surface area (Å²) < 4.78 is 5.04. The van der Waals surface area contributed by atoms with E-state index >= 15 is 0 Å². The summed E-state index contributed by atoms with van der Waals surface area (Å²) in [5, 5.41) is 2.85. The van der Waals surface area contributed by atoms with E-state index in [1.807, 2.05) is 4.90 Å². The smallest absolute Gasteiger partial charge is 0.322 e. The maximum atomic E-state index is 11.9. The second kappa shape index (κ2) is 5.68. The first kappa shape index (κ1) is 13.3. The van der Waals surface area contributed by atoms with Crippen molar-refractivity contribution in [2.45, 2.75) is 6.42 Å². The van der Waals surface area contributed by atoms with Gasteiger partial charge in [0.2, 0.25) is 17.8 Å². The van der Waals surface area contributed by atoms with Crippen molar-refractivity contribution in [3.63, 3.8) is 0 Å². The number of aromatic nitrogens is 3. The van der Waals surface area contributed by atoms with E-state index in [4.69, 9.17) is 4.74 Å². The van der Waals surface area contributed by atoms with Gasteiger partial charge in [-0.2, -0.15) is 15.0 Å². The molecule has 19 heavy (non-hydrogen) atoms. The van der Waals surface area contributed by atoms with Crippen molar-refractivity contribution >= 4 is 17.8 Å². The summed E-state index contributed by atoms with van der Waals surface area (Å²) in [5.74, 6) is 0.939. The van der Waals surface area contributed by atoms with Gasteiger partial charge in [0.1, 0.15) is 0 Å². The van der Waals surface area contributed by atoms with Crippen molar-refractivity contribution in [2.24, 2.45) is 0 Å². The van der Waals surface area contributed by atoms with Crippen LogP contribution < -0.4 is 15.0 Å². The summed E-state index contributed by atoms with van der Waals surface area (Å²) in [6.45, 7) is 1.75. The second-order valence-electron chi connectivity index (χ2n) is 4.29. The lowest BCUT2D eigenvalue weighted by atomic mass is 10.4. The van der Waals surface area contributed by atoms with E-state index in [0.29, 0.717) is 11.9 Å². The number of methoxy groups -OCH3 is 1. The first-order valence-corrected chi connectivity index (χ1v) is 6.10. The third kappa shape index (κ3) is 3.01. The Hall–Kier alpha value is -2.12. The van der Waals surface area contributed by atoms with E-state index in [2.05, 4.69) is 20.3 Å². The molecule has 1 aromatic heterocycles. The average Bonchev–Trinajstić information content (AvgIpc) is 2.60. The molecule has 1 aliphatic rings. The van der Waals surface area contributed by atoms with Crippen molar-refractivity contribution in [3.05, 3.63) is 0 Å². The number of carbonyl (C=O) groups excluding carboxylic acids is 1. The Labute approximate surface area is 111 Å². The lowest BCUT2D eigenvalue weighted by Crippen LogP contribution is -2.35. The molecule has 1 aliphatic heterocycles. The van der Waals surface area contributed by atoms with E-state index in [-0.39, 0.29) is 18.5 Å². The van der Waals surface area contributed by atoms with Gasteiger partial charge in [0.25, 0.3) is 0 Å². The van der Waals surface area contributed by atoms with Gasteiger partial charge in [-0.05, 0) is 6.42 Å². The number of hydrogen-bond acceptors (Lipinski definition) is 7. The van der Waals surface area contributed by atoms with Crippen molar-refractivity contribution in [1.82, 2.24) is 19.9 Å². The molecule has 1 fully saturated rings. The lowest BCUT2D eigenvalue weighted by molar-refractivity contribution is -0.127. The highest BCUT2D eigenvalue weighted by molar-refractivity contribution is 5.81. The highest BCUT2D eigenvalue weighted by atomic mass is 16.5. The molecule has 0 bridgehead atoms. The van der Waals surface area contributed by atoms with Crippen LogP contribution in [0.3, 0.4) is 0 Å². The maximum Gasteiger partial charge on any atom is 0.322 e. The van der Waals surface area contributed by atoms with E-state index < -0.39 is 0 Å². The van der Waals surface area contributed by atoms with Gasteiger partial charge in [0.05, 0.1) is 13.7 Å². The van der Waals surface area contributed by atoms with Crippen molar-refractivity contribution in [2.75, 3.05) is 51.1 Å². The fourth-order valence-corrected chi connectivity index (χ4v) is 1.85. The molecule has 0 spiro atoms. The average molecular weight is 266 g/mol. The number of nitrogens with zero attached hydrogens (tertiary/aromatic N) is 5. The molecule has 1 N–H and O–H groups in total. The second-order valence-corrected chi connectivity index (χ2v) is 4.29. The quantitative estimate of drug-likeness (QED) is 0.796. The zero-order chi connectivity index (χ0) is 13.8. The largest absolute Gasteiger partial charge is 0.467 e. The van der Waals surface area contributed by atoms with Crippen LogP contribution in [-0.2, 0) is 4.79 Å². The number of hydrogen-bond donors (Lipinski definition) is 1. The number of amides is 1. The highest BCUT2D eigenvalue weighted by Crippen LogP contribution is 2.16. The van der Waals surface area contributed by atoms with E-state index in [9.17, 15) is 4.79 Å². The number of carbonyl (C=O) groups is 1. The molecule has 0 unspecified atom stereocenters. The molecule has 2 heterocycles. The summed E-state index contributed by atoms with van der Waals surface area (Å²) in [6.07, 6.45) is 0.880. The van der Waals surface area contributed by atoms with Gasteiger partial charge >= 0.3 is 6.01 Å². The predicted molar refractivity (Wildman–Crippen MR) is 70.4 cm³/mol. The van der Waals surface area contributed by atoms with E-state index in [1.165, 1.54) is 7.11 Å². The van der Waals surface area contributed by atoms with Gasteiger partial charge in [0, 0.05) is 27.2 Å². The highest BCUT2D eigenvalue weighted by Gasteiger charge is 2.22. The van der Waals surface area contributed by atoms with Crippen LogP contribution in [0.25, 0.3) is 0 Å². The summed E-state index contributed by atoms with van der Waals surface area (Å²) in [6, 6.07) is 0.236. The normalized spacial score (nSPS) is 16.3. The van der Waals surface area contributed by atoms with Gasteiger partial charge in [-0.15, -0.1) is 0 Å². The van der Waals surface area contributed by atoms with Crippen LogP contribution >= 0.6 is 0 Å². The zero-order valence-corrected chi connectivity index (χ0v) is 11.4. The molecule has 0 aliphatic carbocycles. The topological polar surface area (TPSA) is 83.5 Å². The Bertz CT molecular complexity index is 444. The number of ether oxygens (including phenoxy) is 1. The lowest BCUT2D eigenvalue weighted by Gasteiger charge is -2.20. The maximum absolute atomic E-state index is 11.9. The zero-order valence-electron chi connectivity index (χ0n) is 11.4. The predicted octanol–water partition coefficient (Wildman–Crippen LogP) is -0.410. The third-order valence-electron chi connectivity index (χ3n) is 2.97. The molecule has 0 aromatic carbocycles. The molecule has 2 rings (SSSR count). The summed E-state index contributed by atoms with van der Waals surface area (Å²) in [4.78, 5) is 27.9. The van der Waals surface area contributed by atoms with Crippen LogP contribution in [0.4, 0.5) is 11.9 Å². The van der Waals surface area contributed by atoms with Gasteiger partial charge in [-0.3, -0.25) is 4.79 Å². The fraction of sp³-hybridized carbons (Fsp3) is 0.636. The van der Waals surface area contributed by atoms with Crippen molar-refractivity contribution in [1.29, 1.82) is 0 Å². The summed E-state index contributed by atoms with van der Waals surface area (Å²) >= 11 is 0. The minimum atomic E-state index is 0.0582. The molecule has 0 radical (unpaired) electrons. The Balaban J connectivity index is 2.27. The number of anilines is 2. The van der Waals surface area contributed by atoms with Crippen molar-refractivity contribution < 1.29 is 9.53 Å². The van der Waals surface area contributed by atoms with Gasteiger partial charge in [-0.1, -0.05) is 0 Å². The molecule has 8 heteroatoms. The third-order valence-corrected chi connectivity index (χ3v) is 2.97. The van der Waals surface area contributed by atoms with Gasteiger partial charge in [-0.25, -0.2) is 0 Å². The molecule has 0 saturated carbocycles. The van der Waals surface area contributed by atoms with Crippen LogP contribution in [0, 0.1) is 0 Å². The van der Waals surface area contributed by atoms with Crippen LogP contribution in [-0.4, -0.2) is 66.6 Å². The van der Waals surface area contributed by atoms with E-state index in [0.717, 1.165) is 19.5 Å². The number of likely N-dealkylation sites (N-methyl/N-ethyl adjacent to an activating group) is 1. The molecular weight excluding hydrogens is 248 g/mol. The Kier molecular flexibility index (Phi) is 3.98. The summed E-state index contributed by atoms with van der Waals surface area (Å²) in [5.41, 5.74) is 0. The molecule has 1 saturated heterocycles.